The summed E-state index contributed by atoms with van der Waals surface area (Å²) in [5, 5.41) is 4.00. The average Bonchev–Trinajstić information content (AvgIpc) is 3.23. The summed E-state index contributed by atoms with van der Waals surface area (Å²) in [6.45, 7) is 6.58. The fourth-order valence-corrected chi connectivity index (χ4v) is 3.86. The minimum absolute atomic E-state index is 0.0372. The van der Waals surface area contributed by atoms with Gasteiger partial charge in [-0.3, -0.25) is 4.79 Å². The van der Waals surface area contributed by atoms with Crippen molar-refractivity contribution in [1.29, 1.82) is 0 Å². The molecule has 5 heteroatoms. The number of nitrogens with one attached hydrogen (secondary N) is 1. The Balaban J connectivity index is 1.56. The predicted octanol–water partition coefficient (Wildman–Crippen LogP) is 3.52. The second-order valence-electron chi connectivity index (χ2n) is 7.44. The Morgan fingerprint density at radius 3 is 2.85 bits per heavy atom. The Kier molecular flexibility index (Phi) is 5.39. The summed E-state index contributed by atoms with van der Waals surface area (Å²) in [5.41, 5.74) is 3.37. The molecule has 0 bridgehead atoms. The second kappa shape index (κ2) is 8.09. The number of benzene rings is 1. The van der Waals surface area contributed by atoms with Crippen LogP contribution in [-0.2, 0) is 4.74 Å². The Morgan fingerprint density at radius 1 is 1.22 bits per heavy atom. The van der Waals surface area contributed by atoms with E-state index < -0.39 is 0 Å². The zero-order chi connectivity index (χ0) is 18.6. The Bertz CT molecular complexity index is 869. The summed E-state index contributed by atoms with van der Waals surface area (Å²) in [6.07, 6.45) is 6.79. The molecular formula is C22H27N3O2. The molecule has 1 aromatic carbocycles. The number of rotatable bonds is 5. The maximum Gasteiger partial charge on any atom is 0.252 e. The third-order valence-electron chi connectivity index (χ3n) is 5.33. The molecule has 142 valence electrons. The lowest BCUT2D eigenvalue weighted by molar-refractivity contribution is 0.0948. The van der Waals surface area contributed by atoms with E-state index >= 15 is 0 Å². The van der Waals surface area contributed by atoms with Crippen LogP contribution in [0, 0.1) is 6.92 Å². The molecule has 2 aromatic rings. The van der Waals surface area contributed by atoms with Crippen molar-refractivity contribution in [2.45, 2.75) is 32.6 Å². The molecule has 3 heterocycles. The summed E-state index contributed by atoms with van der Waals surface area (Å²) < 4.78 is 5.67. The van der Waals surface area contributed by atoms with E-state index in [0.29, 0.717) is 18.7 Å². The van der Waals surface area contributed by atoms with E-state index in [0.717, 1.165) is 54.0 Å². The van der Waals surface area contributed by atoms with Gasteiger partial charge in [0.15, 0.2) is 0 Å². The standard InChI is InChI=1S/C22H27N3O2/c1-16-7-8-19-17(14-16)18(15-20(24-19)21-6-5-13-27-21)22(26)23-9-12-25-10-3-2-4-11-25/h6-8,14-15H,2-5,9-13H2,1H3,(H,23,26). The fraction of sp³-hybridized carbons (Fsp3) is 0.455. The first-order chi connectivity index (χ1) is 13.2. The van der Waals surface area contributed by atoms with Gasteiger partial charge in [-0.2, -0.15) is 0 Å². The maximum absolute atomic E-state index is 13.0. The summed E-state index contributed by atoms with van der Waals surface area (Å²) in [5.74, 6) is 0.740. The number of ether oxygens (including phenoxy) is 1. The molecule has 4 rings (SSSR count). The number of aryl methyl sites for hydroxylation is 1. The summed E-state index contributed by atoms with van der Waals surface area (Å²) >= 11 is 0. The van der Waals surface area contributed by atoms with Crippen LogP contribution in [0.15, 0.2) is 30.3 Å². The second-order valence-corrected chi connectivity index (χ2v) is 7.44. The van der Waals surface area contributed by atoms with Crippen LogP contribution in [-0.4, -0.2) is 48.6 Å². The maximum atomic E-state index is 13.0. The van der Waals surface area contributed by atoms with Crippen LogP contribution in [0.1, 0.15) is 47.3 Å². The largest absolute Gasteiger partial charge is 0.491 e. The van der Waals surface area contributed by atoms with Crippen molar-refractivity contribution in [3.8, 4) is 0 Å². The molecule has 0 saturated carbocycles. The predicted molar refractivity (Wildman–Crippen MR) is 108 cm³/mol. The third kappa shape index (κ3) is 4.14. The lowest BCUT2D eigenvalue weighted by Gasteiger charge is -2.26. The zero-order valence-electron chi connectivity index (χ0n) is 16.0. The normalized spacial score (nSPS) is 17.6. The topological polar surface area (TPSA) is 54.5 Å². The number of likely N-dealkylation sites (tertiary alicyclic amines) is 1. The van der Waals surface area contributed by atoms with E-state index in [2.05, 4.69) is 10.2 Å². The van der Waals surface area contributed by atoms with Gasteiger partial charge in [-0.1, -0.05) is 18.1 Å². The number of hydrogen-bond donors (Lipinski definition) is 1. The SMILES string of the molecule is Cc1ccc2nc(C3=CCCO3)cc(C(=O)NCCN3CCCCC3)c2c1. The van der Waals surface area contributed by atoms with Gasteiger partial charge in [0.2, 0.25) is 0 Å². The highest BCUT2D eigenvalue weighted by molar-refractivity contribution is 6.06. The quantitative estimate of drug-likeness (QED) is 0.881. The van der Waals surface area contributed by atoms with Gasteiger partial charge in [0.25, 0.3) is 5.91 Å². The molecule has 0 spiro atoms. The van der Waals surface area contributed by atoms with Crippen molar-refractivity contribution < 1.29 is 9.53 Å². The van der Waals surface area contributed by atoms with Crippen molar-refractivity contribution >= 4 is 22.6 Å². The first kappa shape index (κ1) is 18.0. The van der Waals surface area contributed by atoms with Gasteiger partial charge >= 0.3 is 0 Å². The number of carbonyl (C=O) groups excluding carboxylic acids is 1. The number of nitrogens with zero attached hydrogens (tertiary/aromatic N) is 2. The highest BCUT2D eigenvalue weighted by atomic mass is 16.5. The Hall–Kier alpha value is -2.40. The van der Waals surface area contributed by atoms with Gasteiger partial charge in [0.05, 0.1) is 17.7 Å². The molecule has 1 saturated heterocycles. The Morgan fingerprint density at radius 2 is 2.07 bits per heavy atom. The molecule has 1 fully saturated rings. The van der Waals surface area contributed by atoms with Gasteiger partial charge in [-0.05, 0) is 57.1 Å². The molecule has 0 unspecified atom stereocenters. The van der Waals surface area contributed by atoms with Crippen molar-refractivity contribution in [3.05, 3.63) is 47.2 Å². The minimum atomic E-state index is -0.0372. The monoisotopic (exact) mass is 365 g/mol. The number of aromatic nitrogens is 1. The van der Waals surface area contributed by atoms with Gasteiger partial charge in [-0.15, -0.1) is 0 Å². The van der Waals surface area contributed by atoms with E-state index in [9.17, 15) is 4.79 Å². The van der Waals surface area contributed by atoms with Crippen LogP contribution < -0.4 is 5.32 Å². The first-order valence-corrected chi connectivity index (χ1v) is 9.96. The average molecular weight is 365 g/mol. The molecule has 5 nitrogen and oxygen atoms in total. The van der Waals surface area contributed by atoms with Crippen LogP contribution in [0.5, 0.6) is 0 Å². The highest BCUT2D eigenvalue weighted by Gasteiger charge is 2.18. The molecule has 1 amide bonds. The summed E-state index contributed by atoms with van der Waals surface area (Å²) in [4.78, 5) is 20.1. The van der Waals surface area contributed by atoms with E-state index in [4.69, 9.17) is 9.72 Å². The van der Waals surface area contributed by atoms with Crippen LogP contribution >= 0.6 is 0 Å². The van der Waals surface area contributed by atoms with E-state index in [1.165, 1.54) is 19.3 Å². The molecule has 0 radical (unpaired) electrons. The molecule has 2 aliphatic heterocycles. The molecule has 27 heavy (non-hydrogen) atoms. The molecule has 0 atom stereocenters. The van der Waals surface area contributed by atoms with Crippen LogP contribution in [0.25, 0.3) is 16.7 Å². The number of fused-ring (bicyclic) bond motifs is 1. The van der Waals surface area contributed by atoms with Crippen molar-refractivity contribution in [2.75, 3.05) is 32.8 Å². The number of pyridine rings is 1. The van der Waals surface area contributed by atoms with Crippen molar-refractivity contribution in [3.63, 3.8) is 0 Å². The van der Waals surface area contributed by atoms with E-state index in [1.54, 1.807) is 0 Å². The number of amides is 1. The van der Waals surface area contributed by atoms with Gasteiger partial charge in [-0.25, -0.2) is 4.98 Å². The molecule has 0 aliphatic carbocycles. The summed E-state index contributed by atoms with van der Waals surface area (Å²) in [7, 11) is 0. The Labute approximate surface area is 160 Å². The smallest absolute Gasteiger partial charge is 0.252 e. The number of piperidine rings is 1. The van der Waals surface area contributed by atoms with Crippen molar-refractivity contribution in [2.24, 2.45) is 0 Å². The van der Waals surface area contributed by atoms with E-state index in [1.807, 2.05) is 37.3 Å². The van der Waals surface area contributed by atoms with Gasteiger partial charge in [0, 0.05) is 24.9 Å². The number of carbonyl (C=O) groups is 1. The number of hydrogen-bond acceptors (Lipinski definition) is 4. The van der Waals surface area contributed by atoms with Crippen molar-refractivity contribution in [1.82, 2.24) is 15.2 Å². The van der Waals surface area contributed by atoms with E-state index in [-0.39, 0.29) is 5.91 Å². The van der Waals surface area contributed by atoms with Gasteiger partial charge < -0.3 is 15.0 Å². The zero-order valence-corrected chi connectivity index (χ0v) is 16.0. The molecule has 1 aromatic heterocycles. The first-order valence-electron chi connectivity index (χ1n) is 9.96. The lowest BCUT2D eigenvalue weighted by atomic mass is 10.0. The molecular weight excluding hydrogens is 338 g/mol. The lowest BCUT2D eigenvalue weighted by Crippen LogP contribution is -2.37. The third-order valence-corrected chi connectivity index (χ3v) is 5.33. The fourth-order valence-electron chi connectivity index (χ4n) is 3.86. The van der Waals surface area contributed by atoms with Crippen LogP contribution in [0.4, 0.5) is 0 Å². The summed E-state index contributed by atoms with van der Waals surface area (Å²) in [6, 6.07) is 7.92. The molecule has 2 aliphatic rings. The highest BCUT2D eigenvalue weighted by Crippen LogP contribution is 2.26. The van der Waals surface area contributed by atoms with Crippen LogP contribution in [0.3, 0.4) is 0 Å². The van der Waals surface area contributed by atoms with Gasteiger partial charge in [0.1, 0.15) is 11.5 Å². The minimum Gasteiger partial charge on any atom is -0.491 e. The van der Waals surface area contributed by atoms with Crippen LogP contribution in [0.2, 0.25) is 0 Å². The molecule has 1 N–H and O–H groups in total.